The number of hydrogen-bond acceptors (Lipinski definition) is 3. The molecule has 0 radical (unpaired) electrons. The van der Waals surface area contributed by atoms with Gasteiger partial charge in [-0.05, 0) is 18.2 Å². The molecule has 8 heteroatoms. The van der Waals surface area contributed by atoms with E-state index in [-0.39, 0.29) is 23.6 Å². The van der Waals surface area contributed by atoms with E-state index in [1.54, 1.807) is 28.9 Å². The van der Waals surface area contributed by atoms with E-state index in [1.165, 1.54) is 12.1 Å². The normalized spacial score (nSPS) is 11.2. The Hall–Kier alpha value is -2.18. The molecule has 1 aromatic carbocycles. The second-order valence-electron chi connectivity index (χ2n) is 5.23. The topological polar surface area (TPSA) is 43.6 Å². The summed E-state index contributed by atoms with van der Waals surface area (Å²) in [4.78, 5) is 11.4. The second kappa shape index (κ2) is 7.37. The molecule has 0 spiro atoms. The fraction of sp³-hybridized carbons (Fsp3) is 0.176. The number of pyridine rings is 1. The van der Waals surface area contributed by atoms with Gasteiger partial charge < -0.3 is 4.74 Å². The van der Waals surface area contributed by atoms with E-state index in [9.17, 15) is 13.6 Å². The van der Waals surface area contributed by atoms with Gasteiger partial charge in [-0.3, -0.25) is 4.79 Å². The maximum absolute atomic E-state index is 12.7. The fourth-order valence-electron chi connectivity index (χ4n) is 2.68. The zero-order valence-electron chi connectivity index (χ0n) is 12.8. The number of halogens is 4. The molecule has 0 saturated heterocycles. The lowest BCUT2D eigenvalue weighted by Crippen LogP contribution is -2.07. The number of aromatic nitrogens is 2. The number of ether oxygens (including phenoxy) is 1. The van der Waals surface area contributed by atoms with Gasteiger partial charge >= 0.3 is 6.61 Å². The van der Waals surface area contributed by atoms with Gasteiger partial charge in [-0.2, -0.15) is 13.9 Å². The number of hydrogen-bond donors (Lipinski definition) is 0. The number of aldehydes is 1. The van der Waals surface area contributed by atoms with Gasteiger partial charge in [0.05, 0.1) is 17.1 Å². The van der Waals surface area contributed by atoms with Crippen LogP contribution in [0.15, 0.2) is 36.5 Å². The van der Waals surface area contributed by atoms with Crippen LogP contribution in [0.4, 0.5) is 8.78 Å². The van der Waals surface area contributed by atoms with Crippen LogP contribution in [0.25, 0.3) is 5.52 Å². The molecule has 4 nitrogen and oxygen atoms in total. The molecule has 0 amide bonds. The zero-order valence-corrected chi connectivity index (χ0v) is 14.3. The minimum Gasteiger partial charge on any atom is -0.435 e. The van der Waals surface area contributed by atoms with E-state index in [0.29, 0.717) is 33.6 Å². The number of carbonyl (C=O) groups is 1. The van der Waals surface area contributed by atoms with E-state index >= 15 is 0 Å². The molecule has 0 atom stereocenters. The molecule has 0 N–H and O–H groups in total. The van der Waals surface area contributed by atoms with Crippen molar-refractivity contribution in [3.63, 3.8) is 0 Å². The maximum Gasteiger partial charge on any atom is 0.387 e. The van der Waals surface area contributed by atoms with Crippen molar-refractivity contribution in [3.05, 3.63) is 63.9 Å². The van der Waals surface area contributed by atoms with Gasteiger partial charge in [0, 0.05) is 34.3 Å². The first-order valence-electron chi connectivity index (χ1n) is 7.27. The van der Waals surface area contributed by atoms with E-state index < -0.39 is 6.61 Å². The zero-order chi connectivity index (χ0) is 18.0. The first kappa shape index (κ1) is 17.6. The highest BCUT2D eigenvalue weighted by atomic mass is 35.5. The summed E-state index contributed by atoms with van der Waals surface area (Å²) in [6.07, 6.45) is 2.44. The van der Waals surface area contributed by atoms with Crippen molar-refractivity contribution in [2.24, 2.45) is 0 Å². The molecule has 0 saturated carbocycles. The second-order valence-corrected chi connectivity index (χ2v) is 5.93. The SMILES string of the molecule is O=Cc1cccc(OC(F)F)c1Cc1c(CCl)nn2ccc(Cl)cc12. The van der Waals surface area contributed by atoms with Crippen LogP contribution in [-0.4, -0.2) is 22.5 Å². The standard InChI is InChI=1S/C17H12Cl2F2N2O2/c18-8-14-13(15-6-11(19)4-5-23(15)22-14)7-12-10(9-24)2-1-3-16(12)25-17(20)21/h1-6,9,17H,7-8H2. The highest BCUT2D eigenvalue weighted by Gasteiger charge is 2.19. The molecule has 3 aromatic rings. The van der Waals surface area contributed by atoms with Crippen LogP contribution in [0, 0.1) is 0 Å². The third-order valence-electron chi connectivity index (χ3n) is 3.77. The molecular formula is C17H12Cl2F2N2O2. The van der Waals surface area contributed by atoms with Crippen molar-refractivity contribution >= 4 is 35.0 Å². The lowest BCUT2D eigenvalue weighted by atomic mass is 9.98. The van der Waals surface area contributed by atoms with Gasteiger partial charge in [-0.1, -0.05) is 23.7 Å². The molecule has 2 aromatic heterocycles. The Kier molecular flexibility index (Phi) is 5.20. The van der Waals surface area contributed by atoms with Gasteiger partial charge in [0.25, 0.3) is 0 Å². The number of fused-ring (bicyclic) bond motifs is 1. The molecule has 0 fully saturated rings. The predicted molar refractivity (Wildman–Crippen MR) is 91.0 cm³/mol. The molecule has 130 valence electrons. The molecule has 25 heavy (non-hydrogen) atoms. The minimum atomic E-state index is -2.99. The monoisotopic (exact) mass is 384 g/mol. The first-order chi connectivity index (χ1) is 12.0. The molecule has 0 aliphatic rings. The molecular weight excluding hydrogens is 373 g/mol. The van der Waals surface area contributed by atoms with Crippen LogP contribution < -0.4 is 4.74 Å². The van der Waals surface area contributed by atoms with Crippen LogP contribution in [0.3, 0.4) is 0 Å². The summed E-state index contributed by atoms with van der Waals surface area (Å²) in [5.41, 5.74) is 2.57. The average molecular weight is 385 g/mol. The van der Waals surface area contributed by atoms with Gasteiger partial charge in [0.1, 0.15) is 12.0 Å². The van der Waals surface area contributed by atoms with E-state index in [4.69, 9.17) is 23.2 Å². The Morgan fingerprint density at radius 1 is 1.28 bits per heavy atom. The minimum absolute atomic E-state index is 0.0542. The van der Waals surface area contributed by atoms with E-state index in [0.717, 1.165) is 0 Å². The summed E-state index contributed by atoms with van der Waals surface area (Å²) in [5, 5.41) is 4.87. The van der Waals surface area contributed by atoms with Gasteiger partial charge in [0.2, 0.25) is 0 Å². The number of rotatable bonds is 6. The van der Waals surface area contributed by atoms with Gasteiger partial charge in [-0.25, -0.2) is 4.52 Å². The van der Waals surface area contributed by atoms with Gasteiger partial charge in [0.15, 0.2) is 0 Å². The van der Waals surface area contributed by atoms with Crippen molar-refractivity contribution in [1.29, 1.82) is 0 Å². The first-order valence-corrected chi connectivity index (χ1v) is 8.18. The Morgan fingerprint density at radius 3 is 2.76 bits per heavy atom. The van der Waals surface area contributed by atoms with Crippen LogP contribution >= 0.6 is 23.2 Å². The molecule has 3 rings (SSSR count). The van der Waals surface area contributed by atoms with Crippen LogP contribution in [-0.2, 0) is 12.3 Å². The number of carbonyl (C=O) groups excluding carboxylic acids is 1. The highest BCUT2D eigenvalue weighted by molar-refractivity contribution is 6.30. The summed E-state index contributed by atoms with van der Waals surface area (Å²) in [7, 11) is 0. The Bertz CT molecular complexity index is 928. The largest absolute Gasteiger partial charge is 0.435 e. The number of benzene rings is 1. The summed E-state index contributed by atoms with van der Waals surface area (Å²) >= 11 is 12.0. The third kappa shape index (κ3) is 3.60. The van der Waals surface area contributed by atoms with Crippen LogP contribution in [0.2, 0.25) is 5.02 Å². The molecule has 2 heterocycles. The number of nitrogens with zero attached hydrogens (tertiary/aromatic N) is 2. The number of alkyl halides is 3. The summed E-state index contributed by atoms with van der Waals surface area (Å²) in [6.45, 7) is -2.99. The Labute approximate surface area is 151 Å². The molecule has 0 aliphatic carbocycles. The van der Waals surface area contributed by atoms with Crippen molar-refractivity contribution in [1.82, 2.24) is 9.61 Å². The van der Waals surface area contributed by atoms with Crippen molar-refractivity contribution in [2.45, 2.75) is 18.9 Å². The molecule has 0 bridgehead atoms. The van der Waals surface area contributed by atoms with E-state index in [1.807, 2.05) is 0 Å². The molecule has 0 unspecified atom stereocenters. The quantitative estimate of drug-likeness (QED) is 0.455. The van der Waals surface area contributed by atoms with Crippen LogP contribution in [0.1, 0.15) is 27.2 Å². The lowest BCUT2D eigenvalue weighted by molar-refractivity contribution is -0.0504. The summed E-state index contributed by atoms with van der Waals surface area (Å²) < 4.78 is 31.6. The predicted octanol–water partition coefficient (Wildman–Crippen LogP) is 4.73. The Balaban J connectivity index is 2.15. The lowest BCUT2D eigenvalue weighted by Gasteiger charge is -2.13. The third-order valence-corrected chi connectivity index (χ3v) is 4.26. The van der Waals surface area contributed by atoms with Crippen molar-refractivity contribution < 1.29 is 18.3 Å². The maximum atomic E-state index is 12.7. The smallest absolute Gasteiger partial charge is 0.387 e. The average Bonchev–Trinajstić information content (AvgIpc) is 2.93. The van der Waals surface area contributed by atoms with Gasteiger partial charge in [-0.15, -0.1) is 11.6 Å². The van der Waals surface area contributed by atoms with Crippen molar-refractivity contribution in [2.75, 3.05) is 0 Å². The summed E-state index contributed by atoms with van der Waals surface area (Å²) in [6, 6.07) is 7.80. The fourth-order valence-corrected chi connectivity index (χ4v) is 3.06. The van der Waals surface area contributed by atoms with E-state index in [2.05, 4.69) is 9.84 Å². The highest BCUT2D eigenvalue weighted by Crippen LogP contribution is 2.30. The summed E-state index contributed by atoms with van der Waals surface area (Å²) in [5.74, 6) is 0.0737. The molecule has 0 aliphatic heterocycles. The van der Waals surface area contributed by atoms with Crippen LogP contribution in [0.5, 0.6) is 5.75 Å². The van der Waals surface area contributed by atoms with Crippen molar-refractivity contribution in [3.8, 4) is 5.75 Å². The Morgan fingerprint density at radius 2 is 2.08 bits per heavy atom.